The van der Waals surface area contributed by atoms with Gasteiger partial charge in [-0.25, -0.2) is 9.97 Å². The molecule has 0 bridgehead atoms. The fourth-order valence-electron chi connectivity index (χ4n) is 10.8. The molecule has 9 aromatic rings. The summed E-state index contributed by atoms with van der Waals surface area (Å²) in [5, 5.41) is 0. The molecule has 0 spiro atoms. The summed E-state index contributed by atoms with van der Waals surface area (Å²) in [7, 11) is 0. The molecule has 0 unspecified atom stereocenters. The van der Waals surface area contributed by atoms with Crippen LogP contribution in [-0.2, 0) is 51.4 Å². The molecule has 62 heavy (non-hydrogen) atoms. The fraction of sp³-hybridized carbons (Fsp3) is 0.143. The highest BCUT2D eigenvalue weighted by Gasteiger charge is 2.32. The minimum atomic E-state index is 0.941. The van der Waals surface area contributed by atoms with Crippen LogP contribution in [-0.4, -0.2) is 29.9 Å². The number of aromatic nitrogens is 6. The SMILES string of the molecule is c1cc(-c2ccc(-c3cccc(-c4c5c(nc6c4CCc4cccnc4-6)-c4ncccc4CC5)c3)cc2)cc(-c2c3c(nc4c2CCc2cccnc2-4)-c2ncccc2CC3)c1. The van der Waals surface area contributed by atoms with E-state index >= 15 is 0 Å². The summed E-state index contributed by atoms with van der Waals surface area (Å²) in [6.07, 6.45) is 15.2. The largest absolute Gasteiger partial charge is 0.254 e. The third kappa shape index (κ3) is 5.56. The monoisotopic (exact) mass is 796 g/mol. The maximum atomic E-state index is 5.39. The molecule has 4 aliphatic carbocycles. The highest BCUT2D eigenvalue weighted by atomic mass is 14.9. The summed E-state index contributed by atoms with van der Waals surface area (Å²) >= 11 is 0. The van der Waals surface area contributed by atoms with Gasteiger partial charge in [-0.1, -0.05) is 84.9 Å². The first kappa shape index (κ1) is 35.3. The van der Waals surface area contributed by atoms with E-state index in [9.17, 15) is 0 Å². The number of pyridine rings is 6. The minimum absolute atomic E-state index is 0.941. The van der Waals surface area contributed by atoms with E-state index < -0.39 is 0 Å². The Morgan fingerprint density at radius 1 is 0.258 bits per heavy atom. The van der Waals surface area contributed by atoms with E-state index in [1.807, 2.05) is 49.1 Å². The highest BCUT2D eigenvalue weighted by molar-refractivity contribution is 5.90. The van der Waals surface area contributed by atoms with Gasteiger partial charge in [0.05, 0.1) is 45.6 Å². The van der Waals surface area contributed by atoms with Crippen molar-refractivity contribution in [1.82, 2.24) is 29.9 Å². The van der Waals surface area contributed by atoms with E-state index in [1.54, 1.807) is 0 Å². The first-order valence-electron chi connectivity index (χ1n) is 21.9. The molecule has 4 aliphatic rings. The third-order valence-corrected chi connectivity index (χ3v) is 13.7. The lowest BCUT2D eigenvalue weighted by Crippen LogP contribution is -2.16. The standard InChI is InChI=1S/C56H40N6/c1-7-39(31-41(9-1)47-43-23-19-35-11-3-27-57-49(35)53(43)61-54-44(47)24-20-36-12-4-28-58-50(36)54)33-15-17-34(18-16-33)40-8-2-10-42(32-40)48-45-25-21-37-13-5-29-59-51(37)55(45)62-56-46(48)26-22-38-14-6-30-60-52(38)56/h1-18,27-32H,19-26H2. The number of hydrogen-bond acceptors (Lipinski definition) is 6. The number of fused-ring (bicyclic) bond motifs is 12. The predicted octanol–water partition coefficient (Wildman–Crippen LogP) is 11.8. The van der Waals surface area contributed by atoms with E-state index in [-0.39, 0.29) is 0 Å². The van der Waals surface area contributed by atoms with Crippen molar-refractivity contribution in [1.29, 1.82) is 0 Å². The summed E-state index contributed by atoms with van der Waals surface area (Å²) < 4.78 is 0. The first-order chi connectivity index (χ1) is 30.7. The summed E-state index contributed by atoms with van der Waals surface area (Å²) in [5.74, 6) is 0. The van der Waals surface area contributed by atoms with Gasteiger partial charge in [0.2, 0.25) is 0 Å². The van der Waals surface area contributed by atoms with Crippen molar-refractivity contribution in [2.24, 2.45) is 0 Å². The normalized spacial score (nSPS) is 13.9. The molecule has 13 rings (SSSR count). The Hall–Kier alpha value is -7.44. The molecule has 0 radical (unpaired) electrons. The quantitative estimate of drug-likeness (QED) is 0.176. The summed E-state index contributed by atoms with van der Waals surface area (Å²) in [4.78, 5) is 30.3. The molecule has 0 N–H and O–H groups in total. The molecule has 0 atom stereocenters. The smallest absolute Gasteiger partial charge is 0.0935 e. The average Bonchev–Trinajstić information content (AvgIpc) is 3.35. The molecule has 6 nitrogen and oxygen atoms in total. The van der Waals surface area contributed by atoms with Crippen molar-refractivity contribution in [2.75, 3.05) is 0 Å². The molecule has 6 aromatic heterocycles. The predicted molar refractivity (Wildman–Crippen MR) is 246 cm³/mol. The number of aryl methyl sites for hydroxylation is 4. The lowest BCUT2D eigenvalue weighted by Gasteiger charge is -2.28. The number of benzene rings is 3. The van der Waals surface area contributed by atoms with Crippen molar-refractivity contribution in [3.63, 3.8) is 0 Å². The average molecular weight is 797 g/mol. The molecule has 0 fully saturated rings. The van der Waals surface area contributed by atoms with Gasteiger partial charge in [-0.3, -0.25) is 19.9 Å². The Morgan fingerprint density at radius 2 is 0.565 bits per heavy atom. The molecule has 0 saturated heterocycles. The molecule has 0 aliphatic heterocycles. The maximum Gasteiger partial charge on any atom is 0.0935 e. The van der Waals surface area contributed by atoms with Crippen LogP contribution in [0.3, 0.4) is 0 Å². The Kier molecular flexibility index (Phi) is 8.02. The van der Waals surface area contributed by atoms with E-state index in [4.69, 9.17) is 29.9 Å². The van der Waals surface area contributed by atoms with Gasteiger partial charge in [0, 0.05) is 24.8 Å². The van der Waals surface area contributed by atoms with E-state index in [1.165, 1.54) is 89.0 Å². The fourth-order valence-corrected chi connectivity index (χ4v) is 10.8. The van der Waals surface area contributed by atoms with Crippen LogP contribution in [0.4, 0.5) is 0 Å². The zero-order valence-electron chi connectivity index (χ0n) is 34.2. The molecule has 6 heterocycles. The van der Waals surface area contributed by atoms with Crippen LogP contribution in [0.1, 0.15) is 44.5 Å². The van der Waals surface area contributed by atoms with E-state index in [0.717, 1.165) is 96.9 Å². The van der Waals surface area contributed by atoms with Crippen LogP contribution in [0.2, 0.25) is 0 Å². The lowest BCUT2D eigenvalue weighted by atomic mass is 9.80. The summed E-state index contributed by atoms with van der Waals surface area (Å²) in [6, 6.07) is 44.3. The van der Waals surface area contributed by atoms with E-state index in [2.05, 4.69) is 97.1 Å². The van der Waals surface area contributed by atoms with Crippen LogP contribution >= 0.6 is 0 Å². The van der Waals surface area contributed by atoms with E-state index in [0.29, 0.717) is 0 Å². The minimum Gasteiger partial charge on any atom is -0.254 e. The van der Waals surface area contributed by atoms with Crippen molar-refractivity contribution >= 4 is 0 Å². The van der Waals surface area contributed by atoms with Crippen LogP contribution in [0.25, 0.3) is 90.1 Å². The Balaban J connectivity index is 0.892. The van der Waals surface area contributed by atoms with Gasteiger partial charge in [-0.15, -0.1) is 0 Å². The van der Waals surface area contributed by atoms with Crippen molar-refractivity contribution in [3.05, 3.63) is 191 Å². The van der Waals surface area contributed by atoms with Gasteiger partial charge in [0.15, 0.2) is 0 Å². The third-order valence-electron chi connectivity index (χ3n) is 13.7. The van der Waals surface area contributed by atoms with Crippen molar-refractivity contribution in [2.45, 2.75) is 51.4 Å². The van der Waals surface area contributed by atoms with Crippen LogP contribution in [0.15, 0.2) is 146 Å². The molecule has 6 heteroatoms. The summed E-state index contributed by atoms with van der Waals surface area (Å²) in [6.45, 7) is 0. The van der Waals surface area contributed by atoms with Crippen molar-refractivity contribution in [3.8, 4) is 90.1 Å². The molecule has 294 valence electrons. The zero-order chi connectivity index (χ0) is 40.7. The highest BCUT2D eigenvalue weighted by Crippen LogP contribution is 2.47. The van der Waals surface area contributed by atoms with Crippen LogP contribution in [0.5, 0.6) is 0 Å². The van der Waals surface area contributed by atoms with Gasteiger partial charge in [-0.05, 0) is 177 Å². The molecular weight excluding hydrogens is 757 g/mol. The Bertz CT molecular complexity index is 2940. The zero-order valence-corrected chi connectivity index (χ0v) is 34.2. The van der Waals surface area contributed by atoms with Gasteiger partial charge in [-0.2, -0.15) is 0 Å². The van der Waals surface area contributed by atoms with Gasteiger partial charge < -0.3 is 0 Å². The second-order valence-corrected chi connectivity index (χ2v) is 17.1. The molecular formula is C56H40N6. The Labute approximate surface area is 360 Å². The second kappa shape index (κ2) is 14.1. The Morgan fingerprint density at radius 3 is 0.887 bits per heavy atom. The van der Waals surface area contributed by atoms with Crippen molar-refractivity contribution < 1.29 is 0 Å². The number of rotatable bonds is 4. The van der Waals surface area contributed by atoms with Crippen LogP contribution < -0.4 is 0 Å². The number of nitrogens with zero attached hydrogens (tertiary/aromatic N) is 6. The lowest BCUT2D eigenvalue weighted by molar-refractivity contribution is 0.877. The van der Waals surface area contributed by atoms with Gasteiger partial charge in [0.25, 0.3) is 0 Å². The summed E-state index contributed by atoms with van der Waals surface area (Å²) in [5.41, 5.74) is 28.2. The van der Waals surface area contributed by atoms with Gasteiger partial charge >= 0.3 is 0 Å². The topological polar surface area (TPSA) is 77.3 Å². The van der Waals surface area contributed by atoms with Crippen LogP contribution in [0, 0.1) is 0 Å². The first-order valence-corrected chi connectivity index (χ1v) is 21.9. The molecule has 0 saturated carbocycles. The maximum absolute atomic E-state index is 5.39. The second-order valence-electron chi connectivity index (χ2n) is 17.1. The molecule has 3 aromatic carbocycles. The number of hydrogen-bond donors (Lipinski definition) is 0. The van der Waals surface area contributed by atoms with Gasteiger partial charge in [0.1, 0.15) is 0 Å². The molecule has 0 amide bonds.